The molecule has 0 amide bonds. The van der Waals surface area contributed by atoms with Gasteiger partial charge in [0.2, 0.25) is 0 Å². The van der Waals surface area contributed by atoms with Crippen LogP contribution in [0.4, 0.5) is 0 Å². The molecule has 0 bridgehead atoms. The van der Waals surface area contributed by atoms with E-state index in [1.807, 2.05) is 26.0 Å². The average molecular weight is 217 g/mol. The lowest BCUT2D eigenvalue weighted by atomic mass is 9.69. The van der Waals surface area contributed by atoms with Gasteiger partial charge in [-0.15, -0.1) is 0 Å². The Morgan fingerprint density at radius 1 is 1.50 bits per heavy atom. The Morgan fingerprint density at radius 2 is 2.25 bits per heavy atom. The first-order chi connectivity index (χ1) is 7.65. The lowest BCUT2D eigenvalue weighted by Gasteiger charge is -2.12. The molecule has 2 aromatic rings. The molecule has 0 atom stereocenters. The first-order valence-corrected chi connectivity index (χ1v) is 5.11. The number of aromatic amines is 1. The molecule has 0 radical (unpaired) electrons. The second kappa shape index (κ2) is 4.06. The summed E-state index contributed by atoms with van der Waals surface area (Å²) in [5.74, 6) is 0.214. The van der Waals surface area contributed by atoms with Crippen molar-refractivity contribution in [2.45, 2.75) is 19.8 Å². The highest BCUT2D eigenvalue weighted by atomic mass is 16.3. The van der Waals surface area contributed by atoms with Gasteiger partial charge in [0, 0.05) is 5.39 Å². The van der Waals surface area contributed by atoms with Crippen LogP contribution >= 0.6 is 0 Å². The molecule has 1 heterocycles. The summed E-state index contributed by atoms with van der Waals surface area (Å²) < 4.78 is 0. The highest BCUT2D eigenvalue weighted by Crippen LogP contribution is 2.18. The third-order valence-electron chi connectivity index (χ3n) is 2.68. The molecular formula is C10H12BN3O2. The molecule has 0 unspecified atom stereocenters. The Labute approximate surface area is 93.0 Å². The van der Waals surface area contributed by atoms with E-state index >= 15 is 0 Å². The summed E-state index contributed by atoms with van der Waals surface area (Å²) in [4.78, 5) is 10.5. The summed E-state index contributed by atoms with van der Waals surface area (Å²) >= 11 is 0. The van der Waals surface area contributed by atoms with Gasteiger partial charge in [0.05, 0.1) is 11.7 Å². The molecule has 5 nitrogen and oxygen atoms in total. The van der Waals surface area contributed by atoms with Gasteiger partial charge in [-0.2, -0.15) is 10.0 Å². The minimum absolute atomic E-state index is 0.214. The van der Waals surface area contributed by atoms with Gasteiger partial charge in [-0.05, 0) is 23.0 Å². The molecule has 0 aliphatic heterocycles. The third kappa shape index (κ3) is 1.61. The number of H-pyrrole nitrogens is 1. The second-order valence-electron chi connectivity index (χ2n) is 4.03. The van der Waals surface area contributed by atoms with Gasteiger partial charge in [-0.25, -0.2) is 0 Å². The molecule has 0 aliphatic carbocycles. The monoisotopic (exact) mass is 217 g/mol. The number of hydrogen-bond acceptors (Lipinski definition) is 4. The van der Waals surface area contributed by atoms with E-state index in [0.717, 1.165) is 16.5 Å². The van der Waals surface area contributed by atoms with E-state index in [2.05, 4.69) is 15.3 Å². The highest BCUT2D eigenvalue weighted by molar-refractivity contribution is 6.67. The van der Waals surface area contributed by atoms with Crippen LogP contribution in [0.1, 0.15) is 25.3 Å². The zero-order valence-corrected chi connectivity index (χ0v) is 9.14. The summed E-state index contributed by atoms with van der Waals surface area (Å²) in [6, 6.07) is 3.77. The van der Waals surface area contributed by atoms with Crippen LogP contribution < -0.4 is 5.46 Å². The first kappa shape index (κ1) is 10.8. The smallest absolute Gasteiger partial charge is 0.425 e. The fourth-order valence-electron chi connectivity index (χ4n) is 1.90. The first-order valence-electron chi connectivity index (χ1n) is 5.11. The predicted molar refractivity (Wildman–Crippen MR) is 63.6 cm³/mol. The van der Waals surface area contributed by atoms with Crippen molar-refractivity contribution in [2.24, 2.45) is 5.09 Å². The molecule has 0 saturated carbocycles. The van der Waals surface area contributed by atoms with Crippen LogP contribution in [0.25, 0.3) is 10.9 Å². The minimum Gasteiger partial charge on any atom is -0.425 e. The van der Waals surface area contributed by atoms with Crippen molar-refractivity contribution >= 4 is 23.4 Å². The maximum Gasteiger partial charge on any atom is 0.518 e. The average Bonchev–Trinajstić information content (AvgIpc) is 2.74. The van der Waals surface area contributed by atoms with Crippen molar-refractivity contribution in [3.63, 3.8) is 0 Å². The molecule has 16 heavy (non-hydrogen) atoms. The quantitative estimate of drug-likeness (QED) is 0.597. The SMILES string of the molecule is CC(C)c1ccc2[nH]ncc2c1B(O)N=O. The molecule has 1 aromatic heterocycles. The Morgan fingerprint density at radius 3 is 2.88 bits per heavy atom. The lowest BCUT2D eigenvalue weighted by molar-refractivity contribution is 0.587. The summed E-state index contributed by atoms with van der Waals surface area (Å²) in [5.41, 5.74) is 2.26. The normalized spacial score (nSPS) is 11.0. The van der Waals surface area contributed by atoms with Crippen LogP contribution in [-0.4, -0.2) is 22.3 Å². The van der Waals surface area contributed by atoms with Crippen LogP contribution in [0.15, 0.2) is 23.4 Å². The van der Waals surface area contributed by atoms with Gasteiger partial charge in [-0.3, -0.25) is 5.10 Å². The number of nitrogens with one attached hydrogen (secondary N) is 1. The number of nitrogens with zero attached hydrogens (tertiary/aromatic N) is 2. The fourth-order valence-corrected chi connectivity index (χ4v) is 1.90. The standard InChI is InChI=1S/C10H12BN3O2/c1-6(2)7-3-4-9-8(5-12-13-9)10(7)11(15)14-16/h3-6,15H,1-2H3,(H,12,13). The topological polar surface area (TPSA) is 78.3 Å². The molecule has 82 valence electrons. The molecule has 2 rings (SSSR count). The van der Waals surface area contributed by atoms with E-state index < -0.39 is 7.05 Å². The summed E-state index contributed by atoms with van der Waals surface area (Å²) in [5, 5.41) is 19.8. The van der Waals surface area contributed by atoms with Crippen molar-refractivity contribution in [2.75, 3.05) is 0 Å². The van der Waals surface area contributed by atoms with E-state index in [1.54, 1.807) is 6.20 Å². The maximum absolute atomic E-state index is 10.5. The molecule has 0 saturated heterocycles. The molecule has 0 fully saturated rings. The fraction of sp³-hybridized carbons (Fsp3) is 0.300. The summed E-state index contributed by atoms with van der Waals surface area (Å²) in [7, 11) is -1.33. The molecule has 0 spiro atoms. The number of hydrogen-bond donors (Lipinski definition) is 2. The van der Waals surface area contributed by atoms with Crippen molar-refractivity contribution in [3.05, 3.63) is 28.8 Å². The van der Waals surface area contributed by atoms with Crippen molar-refractivity contribution in [1.29, 1.82) is 0 Å². The lowest BCUT2D eigenvalue weighted by Crippen LogP contribution is -2.32. The second-order valence-corrected chi connectivity index (χ2v) is 4.03. The Balaban J connectivity index is 2.75. The minimum atomic E-state index is -1.33. The Kier molecular flexibility index (Phi) is 2.74. The number of benzene rings is 1. The summed E-state index contributed by atoms with van der Waals surface area (Å²) in [6.45, 7) is 4.00. The zero-order valence-electron chi connectivity index (χ0n) is 9.14. The van der Waals surface area contributed by atoms with Crippen molar-refractivity contribution < 1.29 is 5.02 Å². The number of fused-ring (bicyclic) bond motifs is 1. The third-order valence-corrected chi connectivity index (χ3v) is 2.68. The van der Waals surface area contributed by atoms with Crippen LogP contribution in [0, 0.1) is 4.91 Å². The largest absolute Gasteiger partial charge is 0.518 e. The number of aromatic nitrogens is 2. The van der Waals surface area contributed by atoms with Crippen LogP contribution in [-0.2, 0) is 0 Å². The van der Waals surface area contributed by atoms with Crippen LogP contribution in [0.3, 0.4) is 0 Å². The summed E-state index contributed by atoms with van der Waals surface area (Å²) in [6.07, 6.45) is 1.60. The van der Waals surface area contributed by atoms with E-state index in [0.29, 0.717) is 5.46 Å². The molecular weight excluding hydrogens is 205 g/mol. The van der Waals surface area contributed by atoms with E-state index in [1.165, 1.54) is 0 Å². The van der Waals surface area contributed by atoms with E-state index in [9.17, 15) is 9.93 Å². The maximum atomic E-state index is 10.5. The Bertz CT molecular complexity index is 524. The van der Waals surface area contributed by atoms with E-state index in [-0.39, 0.29) is 5.92 Å². The van der Waals surface area contributed by atoms with Crippen molar-refractivity contribution in [1.82, 2.24) is 10.2 Å². The van der Waals surface area contributed by atoms with Crippen LogP contribution in [0.2, 0.25) is 0 Å². The van der Waals surface area contributed by atoms with Gasteiger partial charge >= 0.3 is 7.05 Å². The van der Waals surface area contributed by atoms with Gasteiger partial charge in [0.25, 0.3) is 0 Å². The van der Waals surface area contributed by atoms with Crippen LogP contribution in [0.5, 0.6) is 0 Å². The highest BCUT2D eigenvalue weighted by Gasteiger charge is 2.24. The van der Waals surface area contributed by atoms with E-state index in [4.69, 9.17) is 0 Å². The molecule has 2 N–H and O–H groups in total. The Hall–Kier alpha value is -1.69. The molecule has 6 heteroatoms. The van der Waals surface area contributed by atoms with Crippen molar-refractivity contribution in [3.8, 4) is 0 Å². The molecule has 1 aromatic carbocycles. The van der Waals surface area contributed by atoms with Gasteiger partial charge in [-0.1, -0.05) is 25.0 Å². The number of rotatable bonds is 3. The van der Waals surface area contributed by atoms with Gasteiger partial charge in [0.1, 0.15) is 0 Å². The zero-order chi connectivity index (χ0) is 11.7. The number of nitroso groups, excluding NO2 is 1. The van der Waals surface area contributed by atoms with Gasteiger partial charge in [0.15, 0.2) is 0 Å². The predicted octanol–water partition coefficient (Wildman–Crippen LogP) is 1.14. The molecule has 0 aliphatic rings. The van der Waals surface area contributed by atoms with Gasteiger partial charge < -0.3 is 5.02 Å².